The molecule has 2 aromatic rings. The number of furan rings is 1. The number of thioether (sulfide) groups is 1. The monoisotopic (exact) mass is 360 g/mol. The molecule has 1 saturated heterocycles. The molecular weight excluding hydrogens is 340 g/mol. The summed E-state index contributed by atoms with van der Waals surface area (Å²) in [6.07, 6.45) is 3.40. The number of carbonyl (C=O) groups is 2. The molecule has 1 fully saturated rings. The van der Waals surface area contributed by atoms with E-state index in [0.717, 1.165) is 13.1 Å². The van der Waals surface area contributed by atoms with Crippen LogP contribution in [-0.2, 0) is 0 Å². The van der Waals surface area contributed by atoms with E-state index in [1.54, 1.807) is 29.2 Å². The lowest BCUT2D eigenvalue weighted by molar-refractivity contribution is 0.0658. The highest BCUT2D eigenvalue weighted by atomic mass is 32.2. The van der Waals surface area contributed by atoms with Crippen molar-refractivity contribution in [2.24, 2.45) is 0 Å². The minimum Gasteiger partial charge on any atom is -0.445 e. The Labute approximate surface area is 150 Å². The number of carbonyl (C=O) groups excluding carboxylic acids is 2. The quantitative estimate of drug-likeness (QED) is 0.841. The van der Waals surface area contributed by atoms with Gasteiger partial charge in [0.05, 0.1) is 0 Å². The third-order valence-electron chi connectivity index (χ3n) is 4.03. The Bertz CT molecular complexity index is 769. The van der Waals surface area contributed by atoms with E-state index < -0.39 is 0 Å². The smallest absolute Gasteiger partial charge is 0.291 e. The van der Waals surface area contributed by atoms with Crippen molar-refractivity contribution in [2.75, 3.05) is 44.8 Å². The van der Waals surface area contributed by atoms with Gasteiger partial charge in [0, 0.05) is 38.1 Å². The Morgan fingerprint density at radius 3 is 2.64 bits per heavy atom. The van der Waals surface area contributed by atoms with Crippen LogP contribution in [0.25, 0.3) is 0 Å². The molecule has 0 spiro atoms. The van der Waals surface area contributed by atoms with Crippen LogP contribution < -0.4 is 5.32 Å². The van der Waals surface area contributed by atoms with Gasteiger partial charge in [-0.15, -0.1) is 0 Å². The first-order valence-corrected chi connectivity index (χ1v) is 9.18. The summed E-state index contributed by atoms with van der Waals surface area (Å²) in [4.78, 5) is 32.9. The fourth-order valence-electron chi connectivity index (χ4n) is 2.54. The van der Waals surface area contributed by atoms with Gasteiger partial charge in [0.2, 0.25) is 0 Å². The number of nitrogens with zero attached hydrogens (tertiary/aromatic N) is 3. The van der Waals surface area contributed by atoms with Gasteiger partial charge in [-0.05, 0) is 37.6 Å². The summed E-state index contributed by atoms with van der Waals surface area (Å²) in [7, 11) is 2.04. The maximum absolute atomic E-state index is 12.6. The Balaban J connectivity index is 1.68. The van der Waals surface area contributed by atoms with Crippen molar-refractivity contribution in [3.63, 3.8) is 0 Å². The summed E-state index contributed by atoms with van der Waals surface area (Å²) < 4.78 is 5.41. The van der Waals surface area contributed by atoms with Crippen molar-refractivity contribution in [2.45, 2.75) is 5.09 Å². The number of pyridine rings is 1. The summed E-state index contributed by atoms with van der Waals surface area (Å²) in [6.45, 7) is 3.05. The van der Waals surface area contributed by atoms with Crippen LogP contribution in [0.3, 0.4) is 0 Å². The van der Waals surface area contributed by atoms with Crippen LogP contribution in [-0.4, -0.2) is 66.1 Å². The molecule has 1 aliphatic rings. The molecule has 132 valence electrons. The van der Waals surface area contributed by atoms with E-state index in [9.17, 15) is 9.59 Å². The Hall–Kier alpha value is -2.32. The van der Waals surface area contributed by atoms with Crippen molar-refractivity contribution in [1.82, 2.24) is 14.8 Å². The van der Waals surface area contributed by atoms with Gasteiger partial charge >= 0.3 is 0 Å². The van der Waals surface area contributed by atoms with Crippen molar-refractivity contribution in [3.8, 4) is 0 Å². The third-order valence-corrected chi connectivity index (χ3v) is 4.66. The van der Waals surface area contributed by atoms with E-state index in [2.05, 4.69) is 15.2 Å². The average Bonchev–Trinajstić information content (AvgIpc) is 3.11. The van der Waals surface area contributed by atoms with Crippen molar-refractivity contribution >= 4 is 29.3 Å². The molecule has 2 amide bonds. The van der Waals surface area contributed by atoms with Gasteiger partial charge in [0.15, 0.2) is 10.9 Å². The normalized spacial score (nSPS) is 15.2. The van der Waals surface area contributed by atoms with Gasteiger partial charge in [-0.2, -0.15) is 0 Å². The van der Waals surface area contributed by atoms with E-state index in [0.29, 0.717) is 29.6 Å². The molecule has 2 aromatic heterocycles. The molecule has 25 heavy (non-hydrogen) atoms. The molecule has 8 heteroatoms. The molecule has 1 N–H and O–H groups in total. The molecule has 1 aliphatic heterocycles. The lowest BCUT2D eigenvalue weighted by Crippen LogP contribution is -2.47. The molecular formula is C17H20N4O3S. The zero-order valence-electron chi connectivity index (χ0n) is 14.2. The maximum atomic E-state index is 12.6. The first kappa shape index (κ1) is 17.5. The van der Waals surface area contributed by atoms with Gasteiger partial charge in [0.25, 0.3) is 11.8 Å². The number of likely N-dealkylation sites (N-methyl/N-ethyl adjacent to an activating group) is 1. The average molecular weight is 360 g/mol. The number of aromatic nitrogens is 1. The SMILES string of the molecule is CSc1ccc(C(=O)Nc2ccnc(C(=O)N3CCN(C)CC3)c2)o1. The van der Waals surface area contributed by atoms with E-state index in [-0.39, 0.29) is 17.6 Å². The molecule has 3 rings (SSSR count). The second kappa shape index (κ2) is 7.71. The number of hydrogen-bond donors (Lipinski definition) is 1. The van der Waals surface area contributed by atoms with Gasteiger partial charge < -0.3 is 19.5 Å². The third kappa shape index (κ3) is 4.21. The second-order valence-electron chi connectivity index (χ2n) is 5.80. The van der Waals surface area contributed by atoms with Crippen LogP contribution in [0.4, 0.5) is 5.69 Å². The van der Waals surface area contributed by atoms with Crippen LogP contribution in [0.5, 0.6) is 0 Å². The molecule has 0 bridgehead atoms. The van der Waals surface area contributed by atoms with Crippen molar-refractivity contribution in [1.29, 1.82) is 0 Å². The number of nitrogens with one attached hydrogen (secondary N) is 1. The molecule has 0 unspecified atom stereocenters. The zero-order chi connectivity index (χ0) is 17.8. The van der Waals surface area contributed by atoms with Crippen molar-refractivity contribution < 1.29 is 14.0 Å². The number of amides is 2. The number of rotatable bonds is 4. The standard InChI is InChI=1S/C17H20N4O3S/c1-20-7-9-21(10-8-20)17(23)13-11-12(5-6-18-13)19-16(22)14-3-4-15(24-14)25-2/h3-6,11H,7-10H2,1-2H3,(H,18,19,22). The van der Waals surface area contributed by atoms with Crippen LogP contribution in [0.2, 0.25) is 0 Å². The van der Waals surface area contributed by atoms with Crippen LogP contribution in [0.15, 0.2) is 40.0 Å². The molecule has 0 atom stereocenters. The summed E-state index contributed by atoms with van der Waals surface area (Å²) >= 11 is 1.43. The van der Waals surface area contributed by atoms with E-state index in [4.69, 9.17) is 4.42 Å². The van der Waals surface area contributed by atoms with Crippen LogP contribution >= 0.6 is 11.8 Å². The Morgan fingerprint density at radius 2 is 1.96 bits per heavy atom. The molecule has 0 aliphatic carbocycles. The maximum Gasteiger partial charge on any atom is 0.291 e. The van der Waals surface area contributed by atoms with Crippen molar-refractivity contribution in [3.05, 3.63) is 41.9 Å². The highest BCUT2D eigenvalue weighted by molar-refractivity contribution is 7.98. The lowest BCUT2D eigenvalue weighted by atomic mass is 10.2. The van der Waals surface area contributed by atoms with E-state index >= 15 is 0 Å². The largest absolute Gasteiger partial charge is 0.445 e. The number of piperazine rings is 1. The zero-order valence-corrected chi connectivity index (χ0v) is 15.0. The predicted molar refractivity (Wildman–Crippen MR) is 96.1 cm³/mol. The summed E-state index contributed by atoms with van der Waals surface area (Å²) in [6, 6.07) is 6.61. The second-order valence-corrected chi connectivity index (χ2v) is 6.61. The van der Waals surface area contributed by atoms with Gasteiger partial charge in [0.1, 0.15) is 5.69 Å². The lowest BCUT2D eigenvalue weighted by Gasteiger charge is -2.32. The minimum atomic E-state index is -0.357. The molecule has 0 aromatic carbocycles. The fourth-order valence-corrected chi connectivity index (χ4v) is 2.92. The highest BCUT2D eigenvalue weighted by Crippen LogP contribution is 2.19. The first-order valence-electron chi connectivity index (χ1n) is 7.96. The van der Waals surface area contributed by atoms with Crippen LogP contribution in [0, 0.1) is 0 Å². The Morgan fingerprint density at radius 1 is 1.20 bits per heavy atom. The summed E-state index contributed by atoms with van der Waals surface area (Å²) in [5, 5.41) is 3.41. The molecule has 0 radical (unpaired) electrons. The minimum absolute atomic E-state index is 0.119. The van der Waals surface area contributed by atoms with Gasteiger partial charge in [-0.3, -0.25) is 14.6 Å². The summed E-state index contributed by atoms with van der Waals surface area (Å²) in [5.41, 5.74) is 0.839. The van der Waals surface area contributed by atoms with E-state index in [1.165, 1.54) is 18.0 Å². The van der Waals surface area contributed by atoms with E-state index in [1.807, 2.05) is 13.3 Å². The van der Waals surface area contributed by atoms with Crippen LogP contribution in [0.1, 0.15) is 21.0 Å². The van der Waals surface area contributed by atoms with Gasteiger partial charge in [-0.1, -0.05) is 11.8 Å². The summed E-state index contributed by atoms with van der Waals surface area (Å²) in [5.74, 6) is -0.246. The molecule has 0 saturated carbocycles. The first-order chi connectivity index (χ1) is 12.1. The van der Waals surface area contributed by atoms with Gasteiger partial charge in [-0.25, -0.2) is 0 Å². The molecule has 7 nitrogen and oxygen atoms in total. The number of hydrogen-bond acceptors (Lipinski definition) is 6. The number of anilines is 1. The predicted octanol–water partition coefficient (Wildman–Crippen LogP) is 2.04. The highest BCUT2D eigenvalue weighted by Gasteiger charge is 2.21. The fraction of sp³-hybridized carbons (Fsp3) is 0.353. The molecule has 3 heterocycles. The topological polar surface area (TPSA) is 78.7 Å². The Kier molecular flexibility index (Phi) is 5.40.